The second-order valence-corrected chi connectivity index (χ2v) is 3.63. The van der Waals surface area contributed by atoms with Crippen LogP contribution < -0.4 is 10.9 Å². The SMILES string of the molecule is C[C@H]1C[C@@H]1C(=O)NNC(=O)N(C)C. The molecule has 74 valence electrons. The number of amides is 3. The van der Waals surface area contributed by atoms with Crippen LogP contribution >= 0.6 is 0 Å². The van der Waals surface area contributed by atoms with E-state index in [0.717, 1.165) is 6.42 Å². The molecule has 5 nitrogen and oxygen atoms in total. The van der Waals surface area contributed by atoms with Crippen LogP contribution in [0.1, 0.15) is 13.3 Å². The Morgan fingerprint density at radius 2 is 1.85 bits per heavy atom. The van der Waals surface area contributed by atoms with E-state index in [9.17, 15) is 9.59 Å². The van der Waals surface area contributed by atoms with Crippen LogP contribution in [0, 0.1) is 11.8 Å². The number of hydrogen-bond acceptors (Lipinski definition) is 2. The first-order chi connectivity index (χ1) is 6.02. The van der Waals surface area contributed by atoms with Crippen molar-refractivity contribution in [2.45, 2.75) is 13.3 Å². The predicted octanol–water partition coefficient (Wildman–Crippen LogP) is -0.0552. The highest BCUT2D eigenvalue weighted by Gasteiger charge is 2.39. The number of nitrogens with zero attached hydrogens (tertiary/aromatic N) is 1. The molecule has 1 aliphatic carbocycles. The van der Waals surface area contributed by atoms with Gasteiger partial charge in [-0.1, -0.05) is 6.92 Å². The van der Waals surface area contributed by atoms with Crippen LogP contribution in [0.15, 0.2) is 0 Å². The summed E-state index contributed by atoms with van der Waals surface area (Å²) in [5.74, 6) is 0.446. The van der Waals surface area contributed by atoms with Crippen LogP contribution in [0.5, 0.6) is 0 Å². The lowest BCUT2D eigenvalue weighted by Gasteiger charge is -2.12. The fourth-order valence-electron chi connectivity index (χ4n) is 1.01. The molecule has 1 aliphatic rings. The van der Waals surface area contributed by atoms with Gasteiger partial charge in [0.25, 0.3) is 0 Å². The van der Waals surface area contributed by atoms with E-state index in [-0.39, 0.29) is 17.9 Å². The maximum absolute atomic E-state index is 11.2. The summed E-state index contributed by atoms with van der Waals surface area (Å²) < 4.78 is 0. The van der Waals surface area contributed by atoms with E-state index < -0.39 is 0 Å². The van der Waals surface area contributed by atoms with Crippen LogP contribution in [0.25, 0.3) is 0 Å². The quantitative estimate of drug-likeness (QED) is 0.562. The Balaban J connectivity index is 2.19. The molecule has 0 aromatic rings. The van der Waals surface area contributed by atoms with E-state index in [1.807, 2.05) is 6.92 Å². The van der Waals surface area contributed by atoms with Gasteiger partial charge in [-0.05, 0) is 12.3 Å². The second-order valence-electron chi connectivity index (χ2n) is 3.63. The lowest BCUT2D eigenvalue weighted by molar-refractivity contribution is -0.123. The molecule has 2 atom stereocenters. The minimum atomic E-state index is -0.318. The van der Waals surface area contributed by atoms with Gasteiger partial charge in [-0.25, -0.2) is 10.2 Å². The van der Waals surface area contributed by atoms with Gasteiger partial charge in [0.05, 0.1) is 0 Å². The Hall–Kier alpha value is -1.26. The third kappa shape index (κ3) is 2.61. The zero-order valence-electron chi connectivity index (χ0n) is 8.13. The fourth-order valence-corrected chi connectivity index (χ4v) is 1.01. The highest BCUT2D eigenvalue weighted by atomic mass is 16.2. The van der Waals surface area contributed by atoms with Crippen molar-refractivity contribution in [1.82, 2.24) is 15.8 Å². The number of urea groups is 1. The molecule has 0 heterocycles. The zero-order chi connectivity index (χ0) is 10.0. The van der Waals surface area contributed by atoms with Gasteiger partial charge in [0.15, 0.2) is 0 Å². The van der Waals surface area contributed by atoms with E-state index in [1.165, 1.54) is 4.90 Å². The van der Waals surface area contributed by atoms with Crippen molar-refractivity contribution in [1.29, 1.82) is 0 Å². The van der Waals surface area contributed by atoms with Crippen molar-refractivity contribution in [3.63, 3.8) is 0 Å². The summed E-state index contributed by atoms with van der Waals surface area (Å²) in [7, 11) is 3.22. The monoisotopic (exact) mass is 185 g/mol. The first-order valence-corrected chi connectivity index (χ1v) is 4.29. The molecular formula is C8H15N3O2. The summed E-state index contributed by atoms with van der Waals surface area (Å²) in [5, 5.41) is 0. The van der Waals surface area contributed by atoms with Gasteiger partial charge in [-0.3, -0.25) is 10.2 Å². The van der Waals surface area contributed by atoms with Gasteiger partial charge >= 0.3 is 6.03 Å². The van der Waals surface area contributed by atoms with Crippen LogP contribution in [-0.4, -0.2) is 30.9 Å². The average molecular weight is 185 g/mol. The molecule has 0 aromatic heterocycles. The molecule has 13 heavy (non-hydrogen) atoms. The molecule has 0 unspecified atom stereocenters. The average Bonchev–Trinajstić information content (AvgIpc) is 2.77. The standard InChI is InChI=1S/C8H15N3O2/c1-5-4-6(5)7(12)9-10-8(13)11(2)3/h5-6H,4H2,1-3H3,(H,9,12)(H,10,13)/t5-,6-/m0/s1. The Labute approximate surface area is 77.4 Å². The number of carbonyl (C=O) groups is 2. The highest BCUT2D eigenvalue weighted by molar-refractivity contribution is 5.84. The normalized spacial score (nSPS) is 24.8. The molecule has 0 aromatic carbocycles. The number of hydrogen-bond donors (Lipinski definition) is 2. The number of carbonyl (C=O) groups excluding carboxylic acids is 2. The lowest BCUT2D eigenvalue weighted by Crippen LogP contribution is -2.47. The van der Waals surface area contributed by atoms with Gasteiger partial charge in [-0.15, -0.1) is 0 Å². The van der Waals surface area contributed by atoms with Crippen molar-refractivity contribution in [3.8, 4) is 0 Å². The van der Waals surface area contributed by atoms with Gasteiger partial charge in [-0.2, -0.15) is 0 Å². The molecular weight excluding hydrogens is 170 g/mol. The molecule has 5 heteroatoms. The van der Waals surface area contributed by atoms with Gasteiger partial charge in [0, 0.05) is 20.0 Å². The molecule has 0 spiro atoms. The second kappa shape index (κ2) is 3.64. The van der Waals surface area contributed by atoms with Crippen molar-refractivity contribution in [3.05, 3.63) is 0 Å². The molecule has 1 fully saturated rings. The minimum Gasteiger partial charge on any atom is -0.330 e. The molecule has 2 N–H and O–H groups in total. The predicted molar refractivity (Wildman–Crippen MR) is 47.6 cm³/mol. The number of hydrazine groups is 1. The van der Waals surface area contributed by atoms with E-state index in [1.54, 1.807) is 14.1 Å². The number of nitrogens with one attached hydrogen (secondary N) is 2. The first-order valence-electron chi connectivity index (χ1n) is 4.29. The van der Waals surface area contributed by atoms with Crippen LogP contribution in [0.2, 0.25) is 0 Å². The van der Waals surface area contributed by atoms with Crippen LogP contribution in [0.4, 0.5) is 4.79 Å². The van der Waals surface area contributed by atoms with Crippen molar-refractivity contribution >= 4 is 11.9 Å². The molecule has 0 bridgehead atoms. The van der Waals surface area contributed by atoms with Gasteiger partial charge < -0.3 is 4.90 Å². The van der Waals surface area contributed by atoms with Crippen molar-refractivity contribution in [2.75, 3.05) is 14.1 Å². The highest BCUT2D eigenvalue weighted by Crippen LogP contribution is 2.37. The largest absolute Gasteiger partial charge is 0.335 e. The third-order valence-corrected chi connectivity index (χ3v) is 2.15. The topological polar surface area (TPSA) is 61.4 Å². The van der Waals surface area contributed by atoms with E-state index >= 15 is 0 Å². The van der Waals surface area contributed by atoms with E-state index in [4.69, 9.17) is 0 Å². The Morgan fingerprint density at radius 3 is 2.23 bits per heavy atom. The maximum Gasteiger partial charge on any atom is 0.335 e. The summed E-state index contributed by atoms with van der Waals surface area (Å²) in [6, 6.07) is -0.318. The molecule has 3 amide bonds. The molecule has 0 radical (unpaired) electrons. The fraction of sp³-hybridized carbons (Fsp3) is 0.750. The molecule has 1 saturated carbocycles. The molecule has 0 saturated heterocycles. The summed E-state index contributed by atoms with van der Waals surface area (Å²) >= 11 is 0. The molecule has 1 rings (SSSR count). The van der Waals surface area contributed by atoms with Gasteiger partial charge in [0.1, 0.15) is 0 Å². The summed E-state index contributed by atoms with van der Waals surface area (Å²) in [6.45, 7) is 2.01. The van der Waals surface area contributed by atoms with E-state index in [2.05, 4.69) is 10.9 Å². The minimum absolute atomic E-state index is 0.0856. The third-order valence-electron chi connectivity index (χ3n) is 2.15. The van der Waals surface area contributed by atoms with Crippen LogP contribution in [0.3, 0.4) is 0 Å². The number of rotatable bonds is 1. The van der Waals surface area contributed by atoms with Crippen molar-refractivity contribution < 1.29 is 9.59 Å². The lowest BCUT2D eigenvalue weighted by atomic mass is 10.3. The summed E-state index contributed by atoms with van der Waals surface area (Å²) in [4.78, 5) is 23.5. The van der Waals surface area contributed by atoms with Crippen LogP contribution in [-0.2, 0) is 4.79 Å². The Bertz CT molecular complexity index is 227. The molecule has 0 aliphatic heterocycles. The Morgan fingerprint density at radius 1 is 1.31 bits per heavy atom. The zero-order valence-corrected chi connectivity index (χ0v) is 8.13. The Kier molecular flexibility index (Phi) is 2.75. The first kappa shape index (κ1) is 9.83. The summed E-state index contributed by atoms with van der Waals surface area (Å²) in [5.41, 5.74) is 4.69. The van der Waals surface area contributed by atoms with E-state index in [0.29, 0.717) is 5.92 Å². The van der Waals surface area contributed by atoms with Crippen molar-refractivity contribution in [2.24, 2.45) is 11.8 Å². The maximum atomic E-state index is 11.2. The smallest absolute Gasteiger partial charge is 0.330 e. The summed E-state index contributed by atoms with van der Waals surface area (Å²) in [6.07, 6.45) is 0.920. The van der Waals surface area contributed by atoms with Gasteiger partial charge in [0.2, 0.25) is 5.91 Å².